The third kappa shape index (κ3) is 0.845. The number of ether oxygens (including phenoxy) is 1. The van der Waals surface area contributed by atoms with Crippen molar-refractivity contribution in [2.45, 2.75) is 6.92 Å². The molecule has 0 N–H and O–H groups in total. The molecule has 0 saturated heterocycles. The summed E-state index contributed by atoms with van der Waals surface area (Å²) < 4.78 is 6.87. The zero-order chi connectivity index (χ0) is 8.55. The first-order valence-electron chi connectivity index (χ1n) is 3.66. The number of hydrogen-bond donors (Lipinski definition) is 0. The number of rotatable bonds is 1. The van der Waals surface area contributed by atoms with Crippen LogP contribution in [0.2, 0.25) is 0 Å². The van der Waals surface area contributed by atoms with Gasteiger partial charge in [-0.05, 0) is 19.1 Å². The van der Waals surface area contributed by atoms with Gasteiger partial charge in [0.1, 0.15) is 6.33 Å². The molecule has 0 spiro atoms. The van der Waals surface area contributed by atoms with E-state index in [-0.39, 0.29) is 0 Å². The third-order valence-electron chi connectivity index (χ3n) is 1.80. The average Bonchev–Trinajstić information content (AvgIpc) is 2.54. The number of nitrogens with zero attached hydrogens (tertiary/aromatic N) is 3. The summed E-state index contributed by atoms with van der Waals surface area (Å²) in [5.74, 6) is 0.748. The molecule has 0 aliphatic heterocycles. The Bertz CT molecular complexity index is 408. The maximum absolute atomic E-state index is 5.12. The van der Waals surface area contributed by atoms with Gasteiger partial charge >= 0.3 is 0 Å². The molecule has 4 heteroatoms. The first kappa shape index (κ1) is 7.09. The Morgan fingerprint density at radius 3 is 3.00 bits per heavy atom. The fraction of sp³-hybridized carbons (Fsp3) is 0.250. The number of hydrogen-bond acceptors (Lipinski definition) is 3. The molecule has 0 amide bonds. The van der Waals surface area contributed by atoms with Crippen LogP contribution in [0.3, 0.4) is 0 Å². The van der Waals surface area contributed by atoms with Crippen molar-refractivity contribution in [3.63, 3.8) is 0 Å². The monoisotopic (exact) mass is 163 g/mol. The van der Waals surface area contributed by atoms with E-state index in [0.29, 0.717) is 0 Å². The fourth-order valence-corrected chi connectivity index (χ4v) is 1.17. The van der Waals surface area contributed by atoms with Crippen LogP contribution < -0.4 is 4.74 Å². The predicted molar refractivity (Wildman–Crippen MR) is 44.3 cm³/mol. The second kappa shape index (κ2) is 2.48. The zero-order valence-corrected chi connectivity index (χ0v) is 6.98. The summed E-state index contributed by atoms with van der Waals surface area (Å²) in [4.78, 5) is 4.08. The van der Waals surface area contributed by atoms with E-state index in [2.05, 4.69) is 10.1 Å². The minimum atomic E-state index is 0.748. The van der Waals surface area contributed by atoms with Gasteiger partial charge in [0, 0.05) is 5.69 Å². The molecule has 2 aromatic heterocycles. The van der Waals surface area contributed by atoms with Gasteiger partial charge in [-0.2, -0.15) is 5.10 Å². The van der Waals surface area contributed by atoms with Crippen molar-refractivity contribution in [3.8, 4) is 5.75 Å². The molecule has 0 bridgehead atoms. The van der Waals surface area contributed by atoms with Crippen LogP contribution in [0, 0.1) is 6.92 Å². The molecule has 62 valence electrons. The summed E-state index contributed by atoms with van der Waals surface area (Å²) in [5, 5.41) is 4.05. The highest BCUT2D eigenvalue weighted by Crippen LogP contribution is 2.17. The van der Waals surface area contributed by atoms with E-state index >= 15 is 0 Å². The van der Waals surface area contributed by atoms with E-state index in [0.717, 1.165) is 17.1 Å². The molecule has 0 atom stereocenters. The Kier molecular flexibility index (Phi) is 1.46. The molecule has 0 unspecified atom stereocenters. The van der Waals surface area contributed by atoms with Gasteiger partial charge in [-0.15, -0.1) is 0 Å². The summed E-state index contributed by atoms with van der Waals surface area (Å²) in [6.07, 6.45) is 1.52. The first-order chi connectivity index (χ1) is 5.83. The summed E-state index contributed by atoms with van der Waals surface area (Å²) >= 11 is 0. The largest absolute Gasteiger partial charge is 0.493 e. The Balaban J connectivity index is 2.82. The summed E-state index contributed by atoms with van der Waals surface area (Å²) in [5.41, 5.74) is 1.81. The van der Waals surface area contributed by atoms with Crippen molar-refractivity contribution in [1.82, 2.24) is 14.6 Å². The van der Waals surface area contributed by atoms with Gasteiger partial charge in [0.15, 0.2) is 11.4 Å². The number of pyridine rings is 1. The molecule has 0 fully saturated rings. The molecule has 4 nitrogen and oxygen atoms in total. The number of aromatic nitrogens is 3. The van der Waals surface area contributed by atoms with E-state index < -0.39 is 0 Å². The van der Waals surface area contributed by atoms with Gasteiger partial charge in [0.25, 0.3) is 0 Å². The van der Waals surface area contributed by atoms with Crippen LogP contribution in [-0.2, 0) is 0 Å². The maximum Gasteiger partial charge on any atom is 0.198 e. The zero-order valence-electron chi connectivity index (χ0n) is 6.98. The lowest BCUT2D eigenvalue weighted by Gasteiger charge is -2.02. The van der Waals surface area contributed by atoms with Crippen LogP contribution >= 0.6 is 0 Å². The number of methoxy groups -OCH3 is 1. The van der Waals surface area contributed by atoms with Crippen LogP contribution in [0.4, 0.5) is 0 Å². The molecule has 0 aliphatic carbocycles. The van der Waals surface area contributed by atoms with E-state index in [1.54, 1.807) is 11.6 Å². The Morgan fingerprint density at radius 1 is 1.42 bits per heavy atom. The quantitative estimate of drug-likeness (QED) is 0.630. The molecule has 0 aromatic carbocycles. The van der Waals surface area contributed by atoms with E-state index in [1.807, 2.05) is 19.1 Å². The fourth-order valence-electron chi connectivity index (χ4n) is 1.17. The maximum atomic E-state index is 5.12. The SMILES string of the molecule is COc1ccc(C)n2ncnc12. The van der Waals surface area contributed by atoms with Crippen molar-refractivity contribution in [2.24, 2.45) is 0 Å². The van der Waals surface area contributed by atoms with Gasteiger partial charge in [0.2, 0.25) is 0 Å². The summed E-state index contributed by atoms with van der Waals surface area (Å²) in [6, 6.07) is 3.83. The highest BCUT2D eigenvalue weighted by atomic mass is 16.5. The smallest absolute Gasteiger partial charge is 0.198 e. The van der Waals surface area contributed by atoms with E-state index in [4.69, 9.17) is 4.74 Å². The van der Waals surface area contributed by atoms with Crippen LogP contribution in [0.15, 0.2) is 18.5 Å². The highest BCUT2D eigenvalue weighted by Gasteiger charge is 2.04. The minimum Gasteiger partial charge on any atom is -0.493 e. The van der Waals surface area contributed by atoms with Gasteiger partial charge in [-0.3, -0.25) is 0 Å². The lowest BCUT2D eigenvalue weighted by molar-refractivity contribution is 0.416. The van der Waals surface area contributed by atoms with Crippen LogP contribution in [0.25, 0.3) is 5.65 Å². The molecule has 2 aromatic rings. The minimum absolute atomic E-state index is 0.748. The number of aryl methyl sites for hydroxylation is 1. The van der Waals surface area contributed by atoms with Crippen LogP contribution in [0.1, 0.15) is 5.69 Å². The molecular formula is C8H9N3O. The molecule has 2 heterocycles. The molecule has 0 aliphatic rings. The van der Waals surface area contributed by atoms with Crippen molar-refractivity contribution >= 4 is 5.65 Å². The standard InChI is InChI=1S/C8H9N3O/c1-6-3-4-7(12-2)8-9-5-10-11(6)8/h3-5H,1-2H3. The molecule has 12 heavy (non-hydrogen) atoms. The van der Waals surface area contributed by atoms with Crippen molar-refractivity contribution in [1.29, 1.82) is 0 Å². The molecule has 0 saturated carbocycles. The van der Waals surface area contributed by atoms with Gasteiger partial charge in [-0.25, -0.2) is 9.50 Å². The summed E-state index contributed by atoms with van der Waals surface area (Å²) in [6.45, 7) is 1.97. The Hall–Kier alpha value is -1.58. The lowest BCUT2D eigenvalue weighted by atomic mass is 10.3. The Labute approximate surface area is 69.8 Å². The second-order valence-electron chi connectivity index (χ2n) is 2.54. The predicted octanol–water partition coefficient (Wildman–Crippen LogP) is 1.05. The van der Waals surface area contributed by atoms with Crippen molar-refractivity contribution in [3.05, 3.63) is 24.2 Å². The van der Waals surface area contributed by atoms with Crippen LogP contribution in [0.5, 0.6) is 5.75 Å². The first-order valence-corrected chi connectivity index (χ1v) is 3.66. The average molecular weight is 163 g/mol. The topological polar surface area (TPSA) is 39.4 Å². The van der Waals surface area contributed by atoms with E-state index in [9.17, 15) is 0 Å². The number of fused-ring (bicyclic) bond motifs is 1. The van der Waals surface area contributed by atoms with E-state index in [1.165, 1.54) is 6.33 Å². The van der Waals surface area contributed by atoms with Gasteiger partial charge in [0.05, 0.1) is 7.11 Å². The summed E-state index contributed by atoms with van der Waals surface area (Å²) in [7, 11) is 1.62. The normalized spacial score (nSPS) is 10.5. The highest BCUT2D eigenvalue weighted by molar-refractivity contribution is 5.53. The van der Waals surface area contributed by atoms with Crippen molar-refractivity contribution in [2.75, 3.05) is 7.11 Å². The van der Waals surface area contributed by atoms with Crippen molar-refractivity contribution < 1.29 is 4.74 Å². The molecule has 0 radical (unpaired) electrons. The third-order valence-corrected chi connectivity index (χ3v) is 1.80. The second-order valence-corrected chi connectivity index (χ2v) is 2.54. The molecular weight excluding hydrogens is 154 g/mol. The lowest BCUT2D eigenvalue weighted by Crippen LogP contribution is -1.95. The van der Waals surface area contributed by atoms with Gasteiger partial charge in [-0.1, -0.05) is 0 Å². The van der Waals surface area contributed by atoms with Crippen LogP contribution in [-0.4, -0.2) is 21.7 Å². The molecule has 2 rings (SSSR count). The Morgan fingerprint density at radius 2 is 2.25 bits per heavy atom. The van der Waals surface area contributed by atoms with Gasteiger partial charge < -0.3 is 4.74 Å².